The first-order valence-electron chi connectivity index (χ1n) is 16.3. The zero-order valence-electron chi connectivity index (χ0n) is 26.3. The van der Waals surface area contributed by atoms with Gasteiger partial charge in [0.2, 0.25) is 0 Å². The highest BCUT2D eigenvalue weighted by atomic mass is 16.5. The summed E-state index contributed by atoms with van der Waals surface area (Å²) in [6, 6.07) is 10.1. The van der Waals surface area contributed by atoms with Gasteiger partial charge in [-0.2, -0.15) is 0 Å². The molecule has 3 nitrogen and oxygen atoms in total. The minimum atomic E-state index is -0.428. The molecular formula is C37H54O3. The molecule has 220 valence electrons. The van der Waals surface area contributed by atoms with Crippen LogP contribution in [-0.2, 0) is 16.1 Å². The van der Waals surface area contributed by atoms with Crippen molar-refractivity contribution in [3.05, 3.63) is 47.5 Å². The fourth-order valence-electron chi connectivity index (χ4n) is 11.4. The summed E-state index contributed by atoms with van der Waals surface area (Å²) in [6.45, 7) is 17.6. The monoisotopic (exact) mass is 546 g/mol. The molecule has 40 heavy (non-hydrogen) atoms. The minimum Gasteiger partial charge on any atom is -0.460 e. The average Bonchev–Trinajstić information content (AvgIpc) is 2.91. The maximum Gasteiger partial charge on any atom is 0.312 e. The van der Waals surface area contributed by atoms with Crippen LogP contribution < -0.4 is 0 Å². The maximum atomic E-state index is 13.6. The number of hydrogen-bond donors (Lipinski definition) is 1. The lowest BCUT2D eigenvalue weighted by molar-refractivity contribution is -0.203. The molecule has 1 aromatic carbocycles. The Bertz CT molecular complexity index is 1190. The lowest BCUT2D eigenvalue weighted by atomic mass is 9.33. The van der Waals surface area contributed by atoms with Gasteiger partial charge in [-0.05, 0) is 122 Å². The number of esters is 1. The van der Waals surface area contributed by atoms with E-state index in [0.29, 0.717) is 24.4 Å². The molecule has 1 N–H and O–H groups in total. The van der Waals surface area contributed by atoms with E-state index in [4.69, 9.17) is 4.74 Å². The number of ether oxygens (including phenoxy) is 1. The van der Waals surface area contributed by atoms with E-state index in [1.807, 2.05) is 30.3 Å². The Labute approximate surface area is 243 Å². The summed E-state index contributed by atoms with van der Waals surface area (Å²) in [5.74, 6) is 1.66. The van der Waals surface area contributed by atoms with Crippen LogP contribution in [0.2, 0.25) is 0 Å². The van der Waals surface area contributed by atoms with Gasteiger partial charge in [0, 0.05) is 0 Å². The lowest BCUT2D eigenvalue weighted by Crippen LogP contribution is -2.64. The smallest absolute Gasteiger partial charge is 0.312 e. The van der Waals surface area contributed by atoms with Crippen LogP contribution in [0.3, 0.4) is 0 Å². The summed E-state index contributed by atoms with van der Waals surface area (Å²) in [7, 11) is 0. The SMILES string of the molecule is CC12CC[C@](C)(C(=O)OCc3ccccc3)CC1C1=CC[C@H]3C(C)(CCC4C(C)(C)[C@@H](O)CC[C@@]43C)[C@]1(C)CC2. The lowest BCUT2D eigenvalue weighted by Gasteiger charge is -2.71. The van der Waals surface area contributed by atoms with Crippen molar-refractivity contribution in [2.45, 2.75) is 125 Å². The molecule has 0 heterocycles. The molecule has 0 saturated heterocycles. The highest BCUT2D eigenvalue weighted by Crippen LogP contribution is 2.75. The van der Waals surface area contributed by atoms with E-state index in [9.17, 15) is 9.90 Å². The Hall–Kier alpha value is -1.61. The Balaban J connectivity index is 1.30. The van der Waals surface area contributed by atoms with Gasteiger partial charge in [0.25, 0.3) is 0 Å². The predicted molar refractivity (Wildman–Crippen MR) is 161 cm³/mol. The Morgan fingerprint density at radius 1 is 0.875 bits per heavy atom. The molecule has 4 fully saturated rings. The fourth-order valence-corrected chi connectivity index (χ4v) is 11.4. The summed E-state index contributed by atoms with van der Waals surface area (Å²) < 4.78 is 5.97. The molecule has 1 aromatic rings. The van der Waals surface area contributed by atoms with Crippen molar-refractivity contribution in [1.82, 2.24) is 0 Å². The van der Waals surface area contributed by atoms with Gasteiger partial charge in [-0.25, -0.2) is 0 Å². The number of aliphatic hydroxyl groups is 1. The van der Waals surface area contributed by atoms with E-state index in [-0.39, 0.29) is 39.1 Å². The molecular weight excluding hydrogens is 492 g/mol. The van der Waals surface area contributed by atoms with Crippen molar-refractivity contribution < 1.29 is 14.6 Å². The highest BCUT2D eigenvalue weighted by Gasteiger charge is 2.68. The molecule has 4 unspecified atom stereocenters. The molecule has 0 aliphatic heterocycles. The van der Waals surface area contributed by atoms with E-state index < -0.39 is 5.41 Å². The standard InChI is InChI=1S/C37H54O3/c1-32(2)28-15-18-37(7)29(35(28,5)17-16-30(32)38)14-13-26-27-23-34(4,20-19-33(27,3)21-22-36(26,37)6)31(39)40-24-25-11-9-8-10-12-25/h8-13,27-30,38H,14-24H2,1-7H3/t27?,28?,29-,30+,33?,34+,35+,36-,37?/m1/s1. The number of carbonyl (C=O) groups excluding carboxylic acids is 1. The van der Waals surface area contributed by atoms with Crippen LogP contribution in [0.15, 0.2) is 42.0 Å². The van der Waals surface area contributed by atoms with E-state index in [0.717, 1.165) is 44.1 Å². The van der Waals surface area contributed by atoms with Gasteiger partial charge < -0.3 is 9.84 Å². The Kier molecular flexibility index (Phi) is 6.55. The molecule has 6 rings (SSSR count). The van der Waals surface area contributed by atoms with Crippen LogP contribution >= 0.6 is 0 Å². The van der Waals surface area contributed by atoms with Gasteiger partial charge in [0.05, 0.1) is 11.5 Å². The summed E-state index contributed by atoms with van der Waals surface area (Å²) in [4.78, 5) is 13.6. The Morgan fingerprint density at radius 3 is 2.30 bits per heavy atom. The normalized spacial score (nSPS) is 47.5. The second-order valence-corrected chi connectivity index (χ2v) is 16.7. The summed E-state index contributed by atoms with van der Waals surface area (Å²) >= 11 is 0. The number of hydrogen-bond acceptors (Lipinski definition) is 3. The van der Waals surface area contributed by atoms with E-state index in [1.54, 1.807) is 5.57 Å². The molecule has 0 amide bonds. The summed E-state index contributed by atoms with van der Waals surface area (Å²) in [5, 5.41) is 11.0. The second-order valence-electron chi connectivity index (χ2n) is 16.7. The third kappa shape index (κ3) is 3.88. The summed E-state index contributed by atoms with van der Waals surface area (Å²) in [6.07, 6.45) is 13.7. The van der Waals surface area contributed by atoms with E-state index >= 15 is 0 Å². The van der Waals surface area contributed by atoms with Crippen molar-refractivity contribution in [3.8, 4) is 0 Å². The molecule has 0 aromatic heterocycles. The van der Waals surface area contributed by atoms with Gasteiger partial charge in [-0.15, -0.1) is 0 Å². The van der Waals surface area contributed by atoms with Gasteiger partial charge in [0.1, 0.15) is 6.61 Å². The van der Waals surface area contributed by atoms with Gasteiger partial charge in [-0.1, -0.05) is 83.5 Å². The van der Waals surface area contributed by atoms with E-state index in [2.05, 4.69) is 54.5 Å². The minimum absolute atomic E-state index is 0.0119. The largest absolute Gasteiger partial charge is 0.460 e. The van der Waals surface area contributed by atoms with Crippen LogP contribution in [0.25, 0.3) is 0 Å². The van der Waals surface area contributed by atoms with Crippen molar-refractivity contribution in [2.75, 3.05) is 0 Å². The number of benzene rings is 1. The van der Waals surface area contributed by atoms with Crippen LogP contribution in [0.1, 0.15) is 118 Å². The zero-order valence-corrected chi connectivity index (χ0v) is 26.3. The van der Waals surface area contributed by atoms with E-state index in [1.165, 1.54) is 25.7 Å². The van der Waals surface area contributed by atoms with Gasteiger partial charge >= 0.3 is 5.97 Å². The molecule has 0 bridgehead atoms. The number of rotatable bonds is 3. The first-order valence-corrected chi connectivity index (χ1v) is 16.3. The number of allylic oxidation sites excluding steroid dienone is 2. The van der Waals surface area contributed by atoms with Crippen molar-refractivity contribution >= 4 is 5.97 Å². The highest BCUT2D eigenvalue weighted by molar-refractivity contribution is 5.76. The third-order valence-corrected chi connectivity index (χ3v) is 14.5. The molecule has 0 spiro atoms. The molecule has 0 radical (unpaired) electrons. The Morgan fingerprint density at radius 2 is 1.57 bits per heavy atom. The molecule has 5 aliphatic rings. The first-order chi connectivity index (χ1) is 18.7. The number of aliphatic hydroxyl groups excluding tert-OH is 1. The third-order valence-electron chi connectivity index (χ3n) is 14.5. The topological polar surface area (TPSA) is 46.5 Å². The molecule has 5 aliphatic carbocycles. The second kappa shape index (κ2) is 9.19. The quantitative estimate of drug-likeness (QED) is 0.304. The van der Waals surface area contributed by atoms with Crippen molar-refractivity contribution in [2.24, 2.45) is 50.2 Å². The van der Waals surface area contributed by atoms with Gasteiger partial charge in [-0.3, -0.25) is 4.79 Å². The van der Waals surface area contributed by atoms with Crippen LogP contribution in [-0.4, -0.2) is 17.2 Å². The first kappa shape index (κ1) is 28.5. The van der Waals surface area contributed by atoms with Crippen molar-refractivity contribution in [3.63, 3.8) is 0 Å². The van der Waals surface area contributed by atoms with Crippen LogP contribution in [0.5, 0.6) is 0 Å². The number of fused-ring (bicyclic) bond motifs is 7. The van der Waals surface area contributed by atoms with Crippen LogP contribution in [0, 0.1) is 50.2 Å². The average molecular weight is 547 g/mol. The van der Waals surface area contributed by atoms with Gasteiger partial charge in [0.15, 0.2) is 0 Å². The zero-order chi connectivity index (χ0) is 28.8. The predicted octanol–water partition coefficient (Wildman–Crippen LogP) is 8.89. The molecule has 4 saturated carbocycles. The van der Waals surface area contributed by atoms with Crippen molar-refractivity contribution in [1.29, 1.82) is 0 Å². The van der Waals surface area contributed by atoms with Crippen LogP contribution in [0.4, 0.5) is 0 Å². The molecule has 9 atom stereocenters. The maximum absolute atomic E-state index is 13.6. The number of carbonyl (C=O) groups is 1. The molecule has 3 heteroatoms. The fraction of sp³-hybridized carbons (Fsp3) is 0.757. The summed E-state index contributed by atoms with van der Waals surface area (Å²) in [5.41, 5.74) is 3.25.